The van der Waals surface area contributed by atoms with E-state index in [4.69, 9.17) is 9.41 Å². The summed E-state index contributed by atoms with van der Waals surface area (Å²) in [4.78, 5) is 8.84. The van der Waals surface area contributed by atoms with Gasteiger partial charge in [-0.3, -0.25) is 4.99 Å². The van der Waals surface area contributed by atoms with Crippen molar-refractivity contribution in [2.45, 2.75) is 45.1 Å². The number of hydrogen-bond donors (Lipinski definition) is 0. The third-order valence-electron chi connectivity index (χ3n) is 12.9. The lowest BCUT2D eigenvalue weighted by molar-refractivity contribution is 0.466. The van der Waals surface area contributed by atoms with E-state index >= 15 is 0 Å². The number of nitrogens with zero attached hydrogens (tertiary/aromatic N) is 2. The number of rotatable bonds is 8. The van der Waals surface area contributed by atoms with E-state index in [0.29, 0.717) is 6.54 Å². The first-order valence-electron chi connectivity index (χ1n) is 21.5. The van der Waals surface area contributed by atoms with Crippen LogP contribution in [0.4, 0.5) is 0 Å². The van der Waals surface area contributed by atoms with Gasteiger partial charge in [0.15, 0.2) is 0 Å². The van der Waals surface area contributed by atoms with Crippen LogP contribution in [0.1, 0.15) is 89.3 Å². The van der Waals surface area contributed by atoms with Crippen molar-refractivity contribution < 1.29 is 4.42 Å². The fourth-order valence-electron chi connectivity index (χ4n) is 10.3. The first kappa shape index (κ1) is 42.3. The maximum Gasteiger partial charge on any atom is 0.134 e. The summed E-state index contributed by atoms with van der Waals surface area (Å²) in [6.07, 6.45) is 12.2. The smallest absolute Gasteiger partial charge is 0.134 e. The van der Waals surface area contributed by atoms with Crippen molar-refractivity contribution >= 4 is 40.9 Å². The average molecular weight is 819 g/mol. The van der Waals surface area contributed by atoms with Crippen molar-refractivity contribution in [3.05, 3.63) is 245 Å². The molecule has 1 heterocycles. The predicted molar refractivity (Wildman–Crippen MR) is 271 cm³/mol. The standard InChI is InChI=1S/C56H45NO.C2H5N.C2H4/c1-7-10-25-46-35(4)40-22-13-16-27-48(40)56(46)49-31-29-37(32-45(49)52-44(18-8-2)51(9-3)58-54(52)56)53(57-34-39-21-17-20-36-19-11-12-23-41(36)39)38-28-30-43-42-24-14-15-26-47(42)55(5,6)50(43)33-38;1-3-2;1-2/h7-33H,1,3,34H2,2,4-6H3;1H2,2H3;1-2H2/b18-8-,25-10-,57-53?;;. The third kappa shape index (κ3) is 6.58. The van der Waals surface area contributed by atoms with E-state index in [9.17, 15) is 0 Å². The van der Waals surface area contributed by atoms with Crippen LogP contribution in [-0.4, -0.2) is 19.5 Å². The Morgan fingerprint density at radius 1 is 0.698 bits per heavy atom. The zero-order chi connectivity index (χ0) is 44.5. The molecule has 63 heavy (non-hydrogen) atoms. The molecule has 7 aromatic rings. The number of allylic oxidation sites excluding steroid dienone is 6. The Balaban J connectivity index is 0.00000105. The van der Waals surface area contributed by atoms with Gasteiger partial charge in [-0.2, -0.15) is 0 Å². The number of aliphatic imine (C=N–C) groups is 2. The molecule has 10 rings (SSSR count). The van der Waals surface area contributed by atoms with Gasteiger partial charge in [-0.15, -0.1) is 13.2 Å². The van der Waals surface area contributed by atoms with E-state index in [1.807, 2.05) is 18.2 Å². The monoisotopic (exact) mass is 818 g/mol. The molecule has 0 aliphatic heterocycles. The van der Waals surface area contributed by atoms with Crippen LogP contribution in [0.2, 0.25) is 0 Å². The van der Waals surface area contributed by atoms with Crippen molar-refractivity contribution in [1.82, 2.24) is 0 Å². The normalized spacial score (nSPS) is 16.2. The van der Waals surface area contributed by atoms with Gasteiger partial charge in [0.2, 0.25) is 0 Å². The molecule has 0 saturated carbocycles. The molecular weight excluding hydrogens is 765 g/mol. The highest BCUT2D eigenvalue weighted by atomic mass is 16.3. The summed E-state index contributed by atoms with van der Waals surface area (Å²) in [5, 5.41) is 2.45. The molecule has 3 nitrogen and oxygen atoms in total. The minimum atomic E-state index is -0.648. The van der Waals surface area contributed by atoms with Gasteiger partial charge in [-0.25, -0.2) is 0 Å². The maximum atomic E-state index is 7.04. The van der Waals surface area contributed by atoms with Crippen LogP contribution in [0.25, 0.3) is 50.8 Å². The number of furan rings is 1. The molecule has 0 radical (unpaired) electrons. The zero-order valence-corrected chi connectivity index (χ0v) is 37.1. The maximum absolute atomic E-state index is 7.04. The molecular formula is C60H54N2O. The predicted octanol–water partition coefficient (Wildman–Crippen LogP) is 15.4. The second kappa shape index (κ2) is 17.2. The van der Waals surface area contributed by atoms with Gasteiger partial charge in [0.05, 0.1) is 12.3 Å². The molecule has 0 N–H and O–H groups in total. The fraction of sp³-hybridized carbons (Fsp3) is 0.133. The largest absolute Gasteiger partial charge is 0.459 e. The molecule has 0 fully saturated rings. The lowest BCUT2D eigenvalue weighted by Gasteiger charge is -2.29. The van der Waals surface area contributed by atoms with Crippen molar-refractivity contribution in [3.8, 4) is 22.3 Å². The number of fused-ring (bicyclic) bond motifs is 11. The summed E-state index contributed by atoms with van der Waals surface area (Å²) in [6.45, 7) is 26.9. The topological polar surface area (TPSA) is 37.9 Å². The lowest BCUT2D eigenvalue weighted by atomic mass is 9.72. The van der Waals surface area contributed by atoms with Crippen LogP contribution >= 0.6 is 0 Å². The van der Waals surface area contributed by atoms with E-state index in [-0.39, 0.29) is 5.41 Å². The molecule has 0 saturated heterocycles. The first-order valence-corrected chi connectivity index (χ1v) is 21.5. The lowest BCUT2D eigenvalue weighted by Crippen LogP contribution is -2.26. The first-order chi connectivity index (χ1) is 30.7. The molecule has 1 unspecified atom stereocenters. The molecule has 310 valence electrons. The molecule has 0 amide bonds. The van der Waals surface area contributed by atoms with Gasteiger partial charge in [-0.1, -0.05) is 173 Å². The van der Waals surface area contributed by atoms with E-state index in [0.717, 1.165) is 45.0 Å². The van der Waals surface area contributed by atoms with Crippen molar-refractivity contribution in [3.63, 3.8) is 0 Å². The van der Waals surface area contributed by atoms with Gasteiger partial charge in [0, 0.05) is 34.7 Å². The fourth-order valence-corrected chi connectivity index (χ4v) is 10.3. The van der Waals surface area contributed by atoms with Gasteiger partial charge >= 0.3 is 0 Å². The van der Waals surface area contributed by atoms with Gasteiger partial charge in [0.1, 0.15) is 16.9 Å². The van der Waals surface area contributed by atoms with Crippen LogP contribution in [0.3, 0.4) is 0 Å². The molecule has 6 aromatic carbocycles. The van der Waals surface area contributed by atoms with E-state index < -0.39 is 5.41 Å². The highest BCUT2D eigenvalue weighted by Gasteiger charge is 2.55. The molecule has 1 aromatic heterocycles. The summed E-state index contributed by atoms with van der Waals surface area (Å²) < 4.78 is 7.04. The Morgan fingerprint density at radius 3 is 2.08 bits per heavy atom. The number of benzene rings is 6. The Labute approximate surface area is 373 Å². The van der Waals surface area contributed by atoms with Gasteiger partial charge in [0.25, 0.3) is 0 Å². The molecule has 3 aliphatic carbocycles. The summed E-state index contributed by atoms with van der Waals surface area (Å²) in [6, 6.07) is 46.7. The van der Waals surface area contributed by atoms with E-state index in [1.54, 1.807) is 7.05 Å². The van der Waals surface area contributed by atoms with E-state index in [1.165, 1.54) is 66.4 Å². The summed E-state index contributed by atoms with van der Waals surface area (Å²) in [5.74, 6) is 1.71. The Kier molecular flexibility index (Phi) is 11.5. The van der Waals surface area contributed by atoms with Crippen molar-refractivity contribution in [2.24, 2.45) is 9.98 Å². The Morgan fingerprint density at radius 2 is 1.33 bits per heavy atom. The molecule has 3 heteroatoms. The minimum absolute atomic E-state index is 0.142. The van der Waals surface area contributed by atoms with Crippen LogP contribution in [0.15, 0.2) is 198 Å². The highest BCUT2D eigenvalue weighted by Crippen LogP contribution is 2.64. The molecule has 0 bridgehead atoms. The van der Waals surface area contributed by atoms with Crippen LogP contribution in [0, 0.1) is 0 Å². The second-order valence-electron chi connectivity index (χ2n) is 16.5. The Hall–Kier alpha value is -7.36. The van der Waals surface area contributed by atoms with E-state index in [2.05, 4.69) is 211 Å². The molecule has 1 spiro atoms. The van der Waals surface area contributed by atoms with Crippen molar-refractivity contribution in [1.29, 1.82) is 0 Å². The van der Waals surface area contributed by atoms with Crippen molar-refractivity contribution in [2.75, 3.05) is 7.05 Å². The second-order valence-corrected chi connectivity index (χ2v) is 16.5. The SMILES string of the molecule is C=C.C=C/C=C\C1=C(C)c2ccccc2C12c1ccc(C(=NCc3cccc4ccccc34)c3ccc4c(c3)C(C)(C)c3ccccc3-4)cc1-c1c2oc(C=C)c1/C=C\C.C=NC. The third-order valence-corrected chi connectivity index (χ3v) is 12.9. The summed E-state index contributed by atoms with van der Waals surface area (Å²) in [5.41, 5.74) is 18.3. The molecule has 3 aliphatic rings. The van der Waals surface area contributed by atoms with Gasteiger partial charge in [-0.05, 0) is 111 Å². The zero-order valence-electron chi connectivity index (χ0n) is 37.1. The van der Waals surface area contributed by atoms with Crippen LogP contribution in [0.5, 0.6) is 0 Å². The average Bonchev–Trinajstić information content (AvgIpc) is 3.97. The number of hydrogen-bond acceptors (Lipinski definition) is 3. The Bertz CT molecular complexity index is 3080. The highest BCUT2D eigenvalue weighted by molar-refractivity contribution is 6.15. The van der Waals surface area contributed by atoms with Crippen LogP contribution in [-0.2, 0) is 17.4 Å². The van der Waals surface area contributed by atoms with Gasteiger partial charge < -0.3 is 9.41 Å². The quantitative estimate of drug-likeness (QED) is 0.0855. The summed E-state index contributed by atoms with van der Waals surface area (Å²) in [7, 11) is 1.64. The minimum Gasteiger partial charge on any atom is -0.459 e. The summed E-state index contributed by atoms with van der Waals surface area (Å²) >= 11 is 0. The molecule has 1 atom stereocenters. The van der Waals surface area contributed by atoms with Crippen LogP contribution < -0.4 is 0 Å².